The SMILES string of the molecule is CCN(C(=O)OC(C)C)C(Cc1cccc(/C(N)=N/O)c1)C(=O)Nc1ccc(-c2ccccc2C#N)cc1. The van der Waals surface area contributed by atoms with Gasteiger partial charge in [-0.15, -0.1) is 0 Å². The van der Waals surface area contributed by atoms with Crippen LogP contribution < -0.4 is 11.1 Å². The van der Waals surface area contributed by atoms with Crippen LogP contribution in [0.1, 0.15) is 37.5 Å². The standard InChI is InChI=1S/C29H31N5O4/c1-4-34(29(36)38-19(2)3)26(17-20-8-7-10-22(16-20)27(31)33-37)28(35)32-24-14-12-21(13-15-24)25-11-6-5-9-23(25)18-30/h5-16,19,26,37H,4,17H2,1-3H3,(H2,31,33)(H,32,35). The maximum absolute atomic E-state index is 13.5. The van der Waals surface area contributed by atoms with Crippen molar-refractivity contribution in [3.8, 4) is 17.2 Å². The molecule has 0 fully saturated rings. The number of benzene rings is 3. The molecule has 0 aromatic heterocycles. The average molecular weight is 514 g/mol. The first-order valence-corrected chi connectivity index (χ1v) is 12.2. The van der Waals surface area contributed by atoms with Crippen molar-refractivity contribution in [2.24, 2.45) is 10.9 Å². The molecule has 0 radical (unpaired) electrons. The Hall–Kier alpha value is -4.84. The summed E-state index contributed by atoms with van der Waals surface area (Å²) in [5.41, 5.74) is 9.67. The number of hydrogen-bond donors (Lipinski definition) is 3. The predicted octanol–water partition coefficient (Wildman–Crippen LogP) is 4.74. The van der Waals surface area contributed by atoms with Gasteiger partial charge in [0.25, 0.3) is 0 Å². The molecule has 1 atom stereocenters. The molecular formula is C29H31N5O4. The van der Waals surface area contributed by atoms with Gasteiger partial charge in [0, 0.05) is 24.2 Å². The van der Waals surface area contributed by atoms with Gasteiger partial charge in [0.2, 0.25) is 5.91 Å². The molecular weight excluding hydrogens is 482 g/mol. The number of ether oxygens (including phenoxy) is 1. The third-order valence-electron chi connectivity index (χ3n) is 5.86. The molecule has 3 rings (SSSR count). The Morgan fingerprint density at radius 1 is 1.11 bits per heavy atom. The molecule has 0 saturated heterocycles. The summed E-state index contributed by atoms with van der Waals surface area (Å²) in [4.78, 5) is 27.8. The van der Waals surface area contributed by atoms with Gasteiger partial charge in [0.05, 0.1) is 17.7 Å². The van der Waals surface area contributed by atoms with Gasteiger partial charge < -0.3 is 21.0 Å². The van der Waals surface area contributed by atoms with Crippen LogP contribution in [0.5, 0.6) is 0 Å². The highest BCUT2D eigenvalue weighted by atomic mass is 16.6. The van der Waals surface area contributed by atoms with Gasteiger partial charge >= 0.3 is 6.09 Å². The zero-order valence-electron chi connectivity index (χ0n) is 21.6. The minimum absolute atomic E-state index is 0.0579. The van der Waals surface area contributed by atoms with Crippen LogP contribution in [0.4, 0.5) is 10.5 Å². The minimum atomic E-state index is -0.896. The lowest BCUT2D eigenvalue weighted by molar-refractivity contribution is -0.121. The fourth-order valence-electron chi connectivity index (χ4n) is 4.02. The predicted molar refractivity (Wildman–Crippen MR) is 146 cm³/mol. The Morgan fingerprint density at radius 3 is 2.45 bits per heavy atom. The van der Waals surface area contributed by atoms with E-state index in [2.05, 4.69) is 16.5 Å². The Labute approximate surface area is 222 Å². The number of nitrogens with zero attached hydrogens (tertiary/aromatic N) is 3. The Balaban J connectivity index is 1.89. The van der Waals surface area contributed by atoms with E-state index in [0.717, 1.165) is 11.1 Å². The molecule has 9 heteroatoms. The van der Waals surface area contributed by atoms with Crippen molar-refractivity contribution in [3.63, 3.8) is 0 Å². The van der Waals surface area contributed by atoms with Crippen LogP contribution in [0, 0.1) is 11.3 Å². The lowest BCUT2D eigenvalue weighted by Gasteiger charge is -2.30. The van der Waals surface area contributed by atoms with Crippen molar-refractivity contribution in [1.29, 1.82) is 5.26 Å². The van der Waals surface area contributed by atoms with Gasteiger partial charge in [-0.3, -0.25) is 9.69 Å². The molecule has 0 saturated carbocycles. The van der Waals surface area contributed by atoms with Crippen LogP contribution in [-0.2, 0) is 16.0 Å². The first kappa shape index (κ1) is 27.7. The largest absolute Gasteiger partial charge is 0.447 e. The average Bonchev–Trinajstić information content (AvgIpc) is 2.92. The summed E-state index contributed by atoms with van der Waals surface area (Å²) in [6.45, 7) is 5.50. The summed E-state index contributed by atoms with van der Waals surface area (Å²) in [6.07, 6.45) is -0.778. The van der Waals surface area contributed by atoms with Crippen molar-refractivity contribution in [2.45, 2.75) is 39.3 Å². The molecule has 0 heterocycles. The molecule has 3 aromatic rings. The first-order valence-electron chi connectivity index (χ1n) is 12.2. The molecule has 9 nitrogen and oxygen atoms in total. The number of likely N-dealkylation sites (N-methyl/N-ethyl adjacent to an activating group) is 1. The molecule has 196 valence electrons. The molecule has 0 spiro atoms. The quantitative estimate of drug-likeness (QED) is 0.163. The monoisotopic (exact) mass is 513 g/mol. The number of carbonyl (C=O) groups excluding carboxylic acids is 2. The van der Waals surface area contributed by atoms with Crippen LogP contribution in [0.15, 0.2) is 78.0 Å². The fraction of sp³-hybridized carbons (Fsp3) is 0.241. The molecule has 0 bridgehead atoms. The summed E-state index contributed by atoms with van der Waals surface area (Å²) < 4.78 is 5.40. The highest BCUT2D eigenvalue weighted by Gasteiger charge is 2.31. The second-order valence-corrected chi connectivity index (χ2v) is 8.85. The molecule has 0 aliphatic carbocycles. The lowest BCUT2D eigenvalue weighted by Crippen LogP contribution is -2.49. The number of oxime groups is 1. The molecule has 4 N–H and O–H groups in total. The van der Waals surface area contributed by atoms with Crippen molar-refractivity contribution in [1.82, 2.24) is 4.90 Å². The minimum Gasteiger partial charge on any atom is -0.447 e. The number of amidine groups is 1. The molecule has 0 aliphatic heterocycles. The molecule has 38 heavy (non-hydrogen) atoms. The molecule has 2 amide bonds. The highest BCUT2D eigenvalue weighted by molar-refractivity contribution is 5.98. The van der Waals surface area contributed by atoms with Crippen LogP contribution in [-0.4, -0.2) is 46.6 Å². The van der Waals surface area contributed by atoms with Crippen molar-refractivity contribution in [3.05, 3.63) is 89.5 Å². The van der Waals surface area contributed by atoms with E-state index in [4.69, 9.17) is 15.7 Å². The Bertz CT molecular complexity index is 1350. The summed E-state index contributed by atoms with van der Waals surface area (Å²) in [5, 5.41) is 24.4. The number of anilines is 1. The second kappa shape index (κ2) is 12.9. The number of rotatable bonds is 9. The smallest absolute Gasteiger partial charge is 0.410 e. The van der Waals surface area contributed by atoms with E-state index in [1.54, 1.807) is 69.3 Å². The first-order chi connectivity index (χ1) is 18.3. The van der Waals surface area contributed by atoms with Crippen LogP contribution in [0.2, 0.25) is 0 Å². The normalized spacial score (nSPS) is 11.9. The van der Waals surface area contributed by atoms with Crippen molar-refractivity contribution >= 4 is 23.5 Å². The number of carbonyl (C=O) groups is 2. The van der Waals surface area contributed by atoms with E-state index in [-0.39, 0.29) is 24.9 Å². The fourth-order valence-corrected chi connectivity index (χ4v) is 4.02. The van der Waals surface area contributed by atoms with Gasteiger partial charge in [0.1, 0.15) is 6.04 Å². The highest BCUT2D eigenvalue weighted by Crippen LogP contribution is 2.25. The summed E-state index contributed by atoms with van der Waals surface area (Å²) in [7, 11) is 0. The summed E-state index contributed by atoms with van der Waals surface area (Å²) in [5.74, 6) is -0.454. The van der Waals surface area contributed by atoms with Gasteiger partial charge in [-0.05, 0) is 61.7 Å². The third kappa shape index (κ3) is 6.89. The van der Waals surface area contributed by atoms with Gasteiger partial charge in [-0.25, -0.2) is 4.79 Å². The molecule has 3 aromatic carbocycles. The zero-order chi connectivity index (χ0) is 27.7. The Kier molecular flexibility index (Phi) is 9.43. The summed E-state index contributed by atoms with van der Waals surface area (Å²) >= 11 is 0. The number of hydrogen-bond acceptors (Lipinski definition) is 6. The van der Waals surface area contributed by atoms with Crippen LogP contribution in [0.25, 0.3) is 11.1 Å². The number of nitriles is 1. The van der Waals surface area contributed by atoms with Gasteiger partial charge in [-0.1, -0.05) is 53.7 Å². The maximum atomic E-state index is 13.5. The van der Waals surface area contributed by atoms with Gasteiger partial charge in [-0.2, -0.15) is 5.26 Å². The summed E-state index contributed by atoms with van der Waals surface area (Å²) in [6, 6.07) is 22.7. The number of nitrogens with one attached hydrogen (secondary N) is 1. The topological polar surface area (TPSA) is 141 Å². The van der Waals surface area contributed by atoms with Crippen molar-refractivity contribution in [2.75, 3.05) is 11.9 Å². The van der Waals surface area contributed by atoms with Crippen molar-refractivity contribution < 1.29 is 19.5 Å². The van der Waals surface area contributed by atoms with Crippen LogP contribution >= 0.6 is 0 Å². The van der Waals surface area contributed by atoms with Gasteiger partial charge in [0.15, 0.2) is 5.84 Å². The Morgan fingerprint density at radius 2 is 1.82 bits per heavy atom. The van der Waals surface area contributed by atoms with Crippen LogP contribution in [0.3, 0.4) is 0 Å². The van der Waals surface area contributed by atoms with E-state index in [9.17, 15) is 14.9 Å². The van der Waals surface area contributed by atoms with E-state index in [0.29, 0.717) is 22.4 Å². The van der Waals surface area contributed by atoms with E-state index < -0.39 is 18.0 Å². The molecule has 1 unspecified atom stereocenters. The second-order valence-electron chi connectivity index (χ2n) is 8.85. The molecule has 0 aliphatic rings. The third-order valence-corrected chi connectivity index (χ3v) is 5.86. The van der Waals surface area contributed by atoms with E-state index >= 15 is 0 Å². The zero-order valence-corrected chi connectivity index (χ0v) is 21.6. The number of amides is 2. The number of nitrogens with two attached hydrogens (primary N) is 1. The van der Waals surface area contributed by atoms with E-state index in [1.807, 2.05) is 24.3 Å². The lowest BCUT2D eigenvalue weighted by atomic mass is 10.00. The maximum Gasteiger partial charge on any atom is 0.410 e. The van der Waals surface area contributed by atoms with E-state index in [1.165, 1.54) is 4.90 Å².